The molecule has 3 fully saturated rings. The Morgan fingerprint density at radius 1 is 1.25 bits per heavy atom. The van der Waals surface area contributed by atoms with E-state index in [1.807, 2.05) is 11.8 Å². The molecule has 0 aromatic rings. The van der Waals surface area contributed by atoms with E-state index in [9.17, 15) is 9.59 Å². The highest BCUT2D eigenvalue weighted by molar-refractivity contribution is 5.67. The number of piperidine rings is 1. The van der Waals surface area contributed by atoms with Crippen molar-refractivity contribution in [3.63, 3.8) is 0 Å². The van der Waals surface area contributed by atoms with Crippen LogP contribution >= 0.6 is 0 Å². The van der Waals surface area contributed by atoms with E-state index in [1.165, 1.54) is 7.11 Å². The summed E-state index contributed by atoms with van der Waals surface area (Å²) in [5.74, 6) is 0. The van der Waals surface area contributed by atoms with Crippen molar-refractivity contribution in [3.8, 4) is 0 Å². The van der Waals surface area contributed by atoms with Crippen molar-refractivity contribution in [2.24, 2.45) is 5.41 Å². The lowest BCUT2D eigenvalue weighted by Crippen LogP contribution is -2.56. The first-order chi connectivity index (χ1) is 11.5. The Balaban J connectivity index is 1.46. The van der Waals surface area contributed by atoms with Crippen LogP contribution in [-0.2, 0) is 4.74 Å². The molecule has 0 atom stereocenters. The molecule has 2 saturated heterocycles. The maximum absolute atomic E-state index is 11.8. The lowest BCUT2D eigenvalue weighted by molar-refractivity contribution is -0.0141. The highest BCUT2D eigenvalue weighted by atomic mass is 16.5. The van der Waals surface area contributed by atoms with Gasteiger partial charge in [0.15, 0.2) is 0 Å². The molecule has 2 aliphatic heterocycles. The van der Waals surface area contributed by atoms with Gasteiger partial charge in [-0.15, -0.1) is 0 Å². The van der Waals surface area contributed by atoms with Gasteiger partial charge >= 0.3 is 12.2 Å². The van der Waals surface area contributed by atoms with Crippen molar-refractivity contribution in [2.45, 2.75) is 51.1 Å². The maximum Gasteiger partial charge on any atom is 0.409 e. The zero-order valence-corrected chi connectivity index (χ0v) is 14.7. The normalized spacial score (nSPS) is 31.1. The molecule has 0 aromatic carbocycles. The molecular formula is C17H29N3O4. The predicted molar refractivity (Wildman–Crippen MR) is 89.0 cm³/mol. The summed E-state index contributed by atoms with van der Waals surface area (Å²) < 4.78 is 4.88. The molecule has 1 saturated carbocycles. The Morgan fingerprint density at radius 2 is 1.92 bits per heavy atom. The summed E-state index contributed by atoms with van der Waals surface area (Å²) in [7, 11) is 1.44. The average Bonchev–Trinajstić information content (AvgIpc) is 3.00. The zero-order valence-electron chi connectivity index (χ0n) is 14.7. The second kappa shape index (κ2) is 6.78. The molecule has 3 aliphatic rings. The van der Waals surface area contributed by atoms with E-state index in [4.69, 9.17) is 9.84 Å². The molecule has 136 valence electrons. The Hall–Kier alpha value is -1.50. The van der Waals surface area contributed by atoms with Crippen LogP contribution in [0.1, 0.15) is 39.0 Å². The number of likely N-dealkylation sites (tertiary alicyclic amines) is 2. The van der Waals surface area contributed by atoms with Gasteiger partial charge in [-0.3, -0.25) is 0 Å². The van der Waals surface area contributed by atoms with Gasteiger partial charge in [-0.05, 0) is 44.4 Å². The van der Waals surface area contributed by atoms with E-state index in [2.05, 4.69) is 4.90 Å². The van der Waals surface area contributed by atoms with Crippen LogP contribution in [0.3, 0.4) is 0 Å². The first-order valence-electron chi connectivity index (χ1n) is 9.04. The molecule has 7 nitrogen and oxygen atoms in total. The van der Waals surface area contributed by atoms with Crippen LogP contribution in [0.25, 0.3) is 0 Å². The quantitative estimate of drug-likeness (QED) is 0.852. The van der Waals surface area contributed by atoms with Crippen LogP contribution < -0.4 is 0 Å². The van der Waals surface area contributed by atoms with E-state index in [0.717, 1.165) is 45.2 Å². The third-order valence-corrected chi connectivity index (χ3v) is 6.25. The van der Waals surface area contributed by atoms with Crippen molar-refractivity contribution in [1.82, 2.24) is 14.7 Å². The van der Waals surface area contributed by atoms with Gasteiger partial charge in [0.05, 0.1) is 7.11 Å². The molecule has 1 aliphatic carbocycles. The van der Waals surface area contributed by atoms with Crippen molar-refractivity contribution in [2.75, 3.05) is 39.8 Å². The minimum Gasteiger partial charge on any atom is -0.465 e. The van der Waals surface area contributed by atoms with E-state index in [0.29, 0.717) is 25.7 Å². The first-order valence-corrected chi connectivity index (χ1v) is 9.04. The highest BCUT2D eigenvalue weighted by Gasteiger charge is 2.51. The van der Waals surface area contributed by atoms with Gasteiger partial charge in [0.25, 0.3) is 0 Å². The van der Waals surface area contributed by atoms with Crippen molar-refractivity contribution >= 4 is 12.2 Å². The van der Waals surface area contributed by atoms with Gasteiger partial charge in [-0.2, -0.15) is 0 Å². The molecule has 0 bridgehead atoms. The fraction of sp³-hybridized carbons (Fsp3) is 0.882. The molecule has 24 heavy (non-hydrogen) atoms. The van der Waals surface area contributed by atoms with Crippen molar-refractivity contribution < 1.29 is 19.4 Å². The standard InChI is InChI=1S/C17H29N3O4/c1-3-20(16(23)24-2)13-4-7-18(8-5-13)14-10-17(11-14)6-9-19(12-17)15(21)22/h13-14H,3-12H2,1-2H3,(H,21,22). The third-order valence-electron chi connectivity index (χ3n) is 6.25. The van der Waals surface area contributed by atoms with Crippen LogP contribution in [0, 0.1) is 5.41 Å². The molecule has 7 heteroatoms. The molecule has 3 rings (SSSR count). The summed E-state index contributed by atoms with van der Waals surface area (Å²) in [6.45, 7) is 6.11. The fourth-order valence-corrected chi connectivity index (χ4v) is 4.85. The maximum atomic E-state index is 11.8. The van der Waals surface area contributed by atoms with E-state index < -0.39 is 6.09 Å². The van der Waals surface area contributed by atoms with Crippen LogP contribution in [0.15, 0.2) is 0 Å². The van der Waals surface area contributed by atoms with Gasteiger partial charge in [-0.25, -0.2) is 9.59 Å². The van der Waals surface area contributed by atoms with Gasteiger partial charge < -0.3 is 24.5 Å². The van der Waals surface area contributed by atoms with Gasteiger partial charge in [0.1, 0.15) is 0 Å². The number of ether oxygens (including phenoxy) is 1. The second-order valence-electron chi connectivity index (χ2n) is 7.54. The summed E-state index contributed by atoms with van der Waals surface area (Å²) in [4.78, 5) is 28.9. The number of nitrogens with zero attached hydrogens (tertiary/aromatic N) is 3. The largest absolute Gasteiger partial charge is 0.465 e. The minimum absolute atomic E-state index is 0.224. The van der Waals surface area contributed by atoms with Crippen LogP contribution in [0.5, 0.6) is 0 Å². The predicted octanol–water partition coefficient (Wildman–Crippen LogP) is 2.07. The number of carbonyl (C=O) groups excluding carboxylic acids is 1. The summed E-state index contributed by atoms with van der Waals surface area (Å²) in [5, 5.41) is 9.12. The van der Waals surface area contributed by atoms with Crippen LogP contribution in [0.2, 0.25) is 0 Å². The number of amides is 2. The SMILES string of the molecule is CCN(C(=O)OC)C1CCN(C2CC3(CCN(C(=O)O)C3)C2)CC1. The molecule has 1 spiro atoms. The van der Waals surface area contributed by atoms with Gasteiger partial charge in [-0.1, -0.05) is 0 Å². The molecule has 2 amide bonds. The summed E-state index contributed by atoms with van der Waals surface area (Å²) in [6, 6.07) is 0.870. The number of hydrogen-bond acceptors (Lipinski definition) is 4. The van der Waals surface area contributed by atoms with Crippen molar-refractivity contribution in [1.29, 1.82) is 0 Å². The molecule has 2 heterocycles. The number of carboxylic acid groups (broad SMARTS) is 1. The Bertz CT molecular complexity index is 484. The summed E-state index contributed by atoms with van der Waals surface area (Å²) >= 11 is 0. The van der Waals surface area contributed by atoms with E-state index in [-0.39, 0.29) is 17.6 Å². The molecule has 0 aromatic heterocycles. The highest BCUT2D eigenvalue weighted by Crippen LogP contribution is 2.50. The average molecular weight is 339 g/mol. The molecule has 0 unspecified atom stereocenters. The number of methoxy groups -OCH3 is 1. The van der Waals surface area contributed by atoms with E-state index >= 15 is 0 Å². The summed E-state index contributed by atoms with van der Waals surface area (Å²) in [5.41, 5.74) is 0.237. The fourth-order valence-electron chi connectivity index (χ4n) is 4.85. The monoisotopic (exact) mass is 339 g/mol. The molecular weight excluding hydrogens is 310 g/mol. The van der Waals surface area contributed by atoms with E-state index in [1.54, 1.807) is 4.90 Å². The Morgan fingerprint density at radius 3 is 2.42 bits per heavy atom. The third kappa shape index (κ3) is 3.18. The molecule has 1 N–H and O–H groups in total. The lowest BCUT2D eigenvalue weighted by atomic mass is 9.64. The number of rotatable bonds is 3. The van der Waals surface area contributed by atoms with Crippen LogP contribution in [-0.4, -0.2) is 83.9 Å². The number of hydrogen-bond donors (Lipinski definition) is 1. The second-order valence-corrected chi connectivity index (χ2v) is 7.54. The Kier molecular flexibility index (Phi) is 4.90. The lowest BCUT2D eigenvalue weighted by Gasteiger charge is -2.52. The van der Waals surface area contributed by atoms with Gasteiger partial charge in [0.2, 0.25) is 0 Å². The zero-order chi connectivity index (χ0) is 17.3. The van der Waals surface area contributed by atoms with Crippen molar-refractivity contribution in [3.05, 3.63) is 0 Å². The smallest absolute Gasteiger partial charge is 0.409 e. The Labute approximate surface area is 143 Å². The summed E-state index contributed by atoms with van der Waals surface area (Å²) in [6.07, 6.45) is 4.24. The van der Waals surface area contributed by atoms with Crippen LogP contribution in [0.4, 0.5) is 9.59 Å². The molecule has 0 radical (unpaired) electrons. The number of carbonyl (C=O) groups is 2. The minimum atomic E-state index is -0.779. The van der Waals surface area contributed by atoms with Gasteiger partial charge in [0, 0.05) is 44.8 Å². The first kappa shape index (κ1) is 17.3. The topological polar surface area (TPSA) is 73.3 Å².